The summed E-state index contributed by atoms with van der Waals surface area (Å²) < 4.78 is 0. The van der Waals surface area contributed by atoms with Crippen LogP contribution in [0.15, 0.2) is 0 Å². The van der Waals surface area contributed by atoms with Gasteiger partial charge in [-0.05, 0) is 20.2 Å². The fourth-order valence-corrected chi connectivity index (χ4v) is 1.82. The van der Waals surface area contributed by atoms with Gasteiger partial charge >= 0.3 is 0 Å². The van der Waals surface area contributed by atoms with Gasteiger partial charge in [-0.1, -0.05) is 6.92 Å². The summed E-state index contributed by atoms with van der Waals surface area (Å²) in [6, 6.07) is 0.553. The Kier molecular flexibility index (Phi) is 6.16. The highest BCUT2D eigenvalue weighted by atomic mass is 32.2. The third-order valence-corrected chi connectivity index (χ3v) is 3.07. The third kappa shape index (κ3) is 5.16. The molecule has 0 bridgehead atoms. The first-order chi connectivity index (χ1) is 5.99. The molecule has 0 amide bonds. The van der Waals surface area contributed by atoms with E-state index in [0.29, 0.717) is 6.04 Å². The molecule has 0 aromatic rings. The van der Waals surface area contributed by atoms with Crippen LogP contribution in [0.5, 0.6) is 0 Å². The molecule has 0 heterocycles. The molecule has 3 nitrogen and oxygen atoms in total. The van der Waals surface area contributed by atoms with Crippen LogP contribution in [0.4, 0.5) is 0 Å². The molecule has 0 radical (unpaired) electrons. The highest BCUT2D eigenvalue weighted by Gasteiger charge is 2.13. The minimum atomic E-state index is 0.161. The van der Waals surface area contributed by atoms with E-state index in [4.69, 9.17) is 11.1 Å². The maximum absolute atomic E-state index is 7.28. The lowest BCUT2D eigenvalue weighted by atomic mass is 10.1. The number of nitrogens with zero attached hydrogens (tertiary/aromatic N) is 1. The highest BCUT2D eigenvalue weighted by molar-refractivity contribution is 7.98. The summed E-state index contributed by atoms with van der Waals surface area (Å²) in [7, 11) is 2.08. The van der Waals surface area contributed by atoms with E-state index in [1.807, 2.05) is 18.7 Å². The largest absolute Gasteiger partial charge is 0.387 e. The van der Waals surface area contributed by atoms with Crippen LogP contribution in [-0.2, 0) is 0 Å². The van der Waals surface area contributed by atoms with Crippen LogP contribution in [-0.4, -0.2) is 42.4 Å². The van der Waals surface area contributed by atoms with Crippen LogP contribution in [0.3, 0.4) is 0 Å². The molecule has 3 N–H and O–H groups in total. The van der Waals surface area contributed by atoms with Gasteiger partial charge in [-0.3, -0.25) is 5.41 Å². The van der Waals surface area contributed by atoms with Crippen LogP contribution >= 0.6 is 11.8 Å². The van der Waals surface area contributed by atoms with Gasteiger partial charge in [-0.25, -0.2) is 0 Å². The monoisotopic (exact) mass is 203 g/mol. The number of thioether (sulfide) groups is 1. The maximum Gasteiger partial charge on any atom is 0.0947 e. The molecule has 0 aliphatic carbocycles. The van der Waals surface area contributed by atoms with Gasteiger partial charge in [0.15, 0.2) is 0 Å². The number of hydrogen-bond acceptors (Lipinski definition) is 3. The zero-order chi connectivity index (χ0) is 10.4. The Morgan fingerprint density at radius 2 is 2.08 bits per heavy atom. The predicted molar refractivity (Wildman–Crippen MR) is 61.6 cm³/mol. The summed E-state index contributed by atoms with van der Waals surface area (Å²) in [6.07, 6.45) is 2.11. The minimum absolute atomic E-state index is 0.161. The summed E-state index contributed by atoms with van der Waals surface area (Å²) in [5.41, 5.74) is 5.41. The molecular formula is C9H21N3S. The second-order valence-corrected chi connectivity index (χ2v) is 4.51. The topological polar surface area (TPSA) is 53.1 Å². The second kappa shape index (κ2) is 6.27. The number of nitrogens with two attached hydrogens (primary N) is 1. The third-order valence-electron chi connectivity index (χ3n) is 2.25. The molecule has 0 rings (SSSR count). The first-order valence-corrected chi connectivity index (χ1v) is 5.91. The summed E-state index contributed by atoms with van der Waals surface area (Å²) >= 11 is 1.85. The van der Waals surface area contributed by atoms with Crippen LogP contribution in [0, 0.1) is 11.3 Å². The van der Waals surface area contributed by atoms with E-state index in [2.05, 4.69) is 25.1 Å². The summed E-state index contributed by atoms with van der Waals surface area (Å²) in [4.78, 5) is 2.25. The molecule has 0 saturated heterocycles. The van der Waals surface area contributed by atoms with Gasteiger partial charge in [0.2, 0.25) is 0 Å². The Morgan fingerprint density at radius 3 is 2.46 bits per heavy atom. The molecule has 0 aromatic carbocycles. The standard InChI is InChI=1S/C9H21N3S/c1-7(9(10)11)5-12(3)8(2)6-13-4/h7-8H,5-6H2,1-4H3,(H3,10,11). The quantitative estimate of drug-likeness (QED) is 0.504. The molecular weight excluding hydrogens is 182 g/mol. The van der Waals surface area contributed by atoms with E-state index in [9.17, 15) is 0 Å². The number of hydrogen-bond donors (Lipinski definition) is 2. The summed E-state index contributed by atoms with van der Waals surface area (Å²) in [6.45, 7) is 5.06. The Labute approximate surface area is 85.6 Å². The fourth-order valence-electron chi connectivity index (χ4n) is 1.08. The highest BCUT2D eigenvalue weighted by Crippen LogP contribution is 2.06. The van der Waals surface area contributed by atoms with Crippen molar-refractivity contribution in [3.63, 3.8) is 0 Å². The van der Waals surface area contributed by atoms with Crippen molar-refractivity contribution in [1.82, 2.24) is 4.90 Å². The molecule has 4 heteroatoms. The lowest BCUT2D eigenvalue weighted by Crippen LogP contribution is -2.38. The predicted octanol–water partition coefficient (Wildman–Crippen LogP) is 1.24. The summed E-state index contributed by atoms with van der Waals surface area (Å²) in [5.74, 6) is 1.57. The first-order valence-electron chi connectivity index (χ1n) is 4.52. The zero-order valence-corrected chi connectivity index (χ0v) is 9.82. The van der Waals surface area contributed by atoms with Gasteiger partial charge in [-0.15, -0.1) is 0 Å². The van der Waals surface area contributed by atoms with Crippen LogP contribution in [0.2, 0.25) is 0 Å². The van der Waals surface area contributed by atoms with E-state index in [1.54, 1.807) is 0 Å². The van der Waals surface area contributed by atoms with E-state index >= 15 is 0 Å². The van der Waals surface area contributed by atoms with Crippen molar-refractivity contribution in [3.05, 3.63) is 0 Å². The van der Waals surface area contributed by atoms with E-state index in [-0.39, 0.29) is 11.8 Å². The molecule has 0 aromatic heterocycles. The van der Waals surface area contributed by atoms with E-state index < -0.39 is 0 Å². The second-order valence-electron chi connectivity index (χ2n) is 3.60. The lowest BCUT2D eigenvalue weighted by molar-refractivity contribution is 0.262. The number of amidine groups is 1. The van der Waals surface area contributed by atoms with Gasteiger partial charge in [0.25, 0.3) is 0 Å². The van der Waals surface area contributed by atoms with Crippen molar-refractivity contribution in [1.29, 1.82) is 5.41 Å². The molecule has 13 heavy (non-hydrogen) atoms. The van der Waals surface area contributed by atoms with Crippen LogP contribution < -0.4 is 5.73 Å². The van der Waals surface area contributed by atoms with Gasteiger partial charge < -0.3 is 10.6 Å². The van der Waals surface area contributed by atoms with Gasteiger partial charge in [-0.2, -0.15) is 11.8 Å². The SMILES string of the molecule is CSCC(C)N(C)CC(C)C(=N)N. The Balaban J connectivity index is 3.84. The van der Waals surface area contributed by atoms with Crippen molar-refractivity contribution >= 4 is 17.6 Å². The van der Waals surface area contributed by atoms with Gasteiger partial charge in [0.05, 0.1) is 5.84 Å². The maximum atomic E-state index is 7.28. The smallest absolute Gasteiger partial charge is 0.0947 e. The first kappa shape index (κ1) is 12.8. The molecule has 0 fully saturated rings. The van der Waals surface area contributed by atoms with E-state index in [0.717, 1.165) is 12.3 Å². The lowest BCUT2D eigenvalue weighted by Gasteiger charge is -2.26. The molecule has 0 aliphatic rings. The summed E-state index contributed by atoms with van der Waals surface area (Å²) in [5, 5.41) is 7.28. The Hall–Kier alpha value is -0.220. The molecule has 0 saturated carbocycles. The van der Waals surface area contributed by atoms with Crippen LogP contribution in [0.25, 0.3) is 0 Å². The average molecular weight is 203 g/mol. The normalized spacial score (nSPS) is 15.8. The van der Waals surface area contributed by atoms with E-state index in [1.165, 1.54) is 0 Å². The molecule has 2 atom stereocenters. The van der Waals surface area contributed by atoms with Crippen molar-refractivity contribution in [2.75, 3.05) is 25.6 Å². The Morgan fingerprint density at radius 1 is 1.54 bits per heavy atom. The van der Waals surface area contributed by atoms with Crippen molar-refractivity contribution in [3.8, 4) is 0 Å². The molecule has 0 spiro atoms. The van der Waals surface area contributed by atoms with Crippen molar-refractivity contribution < 1.29 is 0 Å². The number of nitrogens with one attached hydrogen (secondary N) is 1. The van der Waals surface area contributed by atoms with Gasteiger partial charge in [0, 0.05) is 24.3 Å². The molecule has 2 unspecified atom stereocenters. The Bertz CT molecular complexity index is 161. The fraction of sp³-hybridized carbons (Fsp3) is 0.889. The minimum Gasteiger partial charge on any atom is -0.387 e. The van der Waals surface area contributed by atoms with Crippen molar-refractivity contribution in [2.24, 2.45) is 11.7 Å². The van der Waals surface area contributed by atoms with Crippen LogP contribution in [0.1, 0.15) is 13.8 Å². The molecule has 78 valence electrons. The van der Waals surface area contributed by atoms with Gasteiger partial charge in [0.1, 0.15) is 0 Å². The molecule has 0 aliphatic heterocycles. The number of rotatable bonds is 6. The van der Waals surface area contributed by atoms with Crippen molar-refractivity contribution in [2.45, 2.75) is 19.9 Å². The average Bonchev–Trinajstić information content (AvgIpc) is 2.04. The zero-order valence-electron chi connectivity index (χ0n) is 9.00.